The molecule has 2 aliphatic carbocycles. The predicted molar refractivity (Wildman–Crippen MR) is 52.4 cm³/mol. The van der Waals surface area contributed by atoms with Gasteiger partial charge >= 0.3 is 11.9 Å². The van der Waals surface area contributed by atoms with Crippen LogP contribution in [0, 0.1) is 10.8 Å². The quantitative estimate of drug-likeness (QED) is 0.514. The van der Waals surface area contributed by atoms with Crippen molar-refractivity contribution in [2.75, 3.05) is 14.2 Å². The van der Waals surface area contributed by atoms with Crippen LogP contribution in [0.2, 0.25) is 0 Å². The molecule has 88 valence electrons. The molecule has 0 aliphatic heterocycles. The maximum absolute atomic E-state index is 12.2. The predicted octanol–water partition coefficient (Wildman–Crippen LogP) is 0.462. The third kappa shape index (κ3) is 1.27. The molecule has 0 heterocycles. The molecule has 2 fully saturated rings. The number of ether oxygens (including phenoxy) is 2. The Labute approximate surface area is 93.1 Å². The molecule has 0 radical (unpaired) electrons. The first-order chi connectivity index (χ1) is 7.53. The standard InChI is InChI=1S/C11H14O5/c1-15-8(13)10(3-4-10)7(12)11(5-6-11)9(14)16-2/h3-6H2,1-2H3. The fraction of sp³-hybridized carbons (Fsp3) is 0.727. The summed E-state index contributed by atoms with van der Waals surface area (Å²) in [5.74, 6) is -1.35. The van der Waals surface area contributed by atoms with E-state index in [2.05, 4.69) is 9.47 Å². The summed E-state index contributed by atoms with van der Waals surface area (Å²) in [7, 11) is 2.51. The van der Waals surface area contributed by atoms with E-state index in [4.69, 9.17) is 0 Å². The Morgan fingerprint density at radius 3 is 1.31 bits per heavy atom. The van der Waals surface area contributed by atoms with Crippen molar-refractivity contribution in [1.29, 1.82) is 0 Å². The summed E-state index contributed by atoms with van der Waals surface area (Å²) in [6.45, 7) is 0. The van der Waals surface area contributed by atoms with Crippen molar-refractivity contribution in [3.63, 3.8) is 0 Å². The minimum Gasteiger partial charge on any atom is -0.468 e. The minimum absolute atomic E-state index is 0.307. The van der Waals surface area contributed by atoms with Crippen LogP contribution in [0.4, 0.5) is 0 Å². The van der Waals surface area contributed by atoms with Gasteiger partial charge in [-0.2, -0.15) is 0 Å². The SMILES string of the molecule is COC(=O)C1(C(=O)C2(C(=O)OC)CC2)CC1. The van der Waals surface area contributed by atoms with Crippen LogP contribution in [0.3, 0.4) is 0 Å². The van der Waals surface area contributed by atoms with Gasteiger partial charge in [0.15, 0.2) is 5.78 Å². The lowest BCUT2D eigenvalue weighted by molar-refractivity contribution is -0.158. The van der Waals surface area contributed by atoms with Crippen LogP contribution in [0.25, 0.3) is 0 Å². The van der Waals surface area contributed by atoms with Gasteiger partial charge in [-0.3, -0.25) is 14.4 Å². The Balaban J connectivity index is 2.21. The van der Waals surface area contributed by atoms with Crippen molar-refractivity contribution >= 4 is 17.7 Å². The van der Waals surface area contributed by atoms with Crippen LogP contribution >= 0.6 is 0 Å². The Kier molecular flexibility index (Phi) is 2.29. The molecule has 5 heteroatoms. The number of carbonyl (C=O) groups is 3. The largest absolute Gasteiger partial charge is 0.468 e. The molecule has 0 N–H and O–H groups in total. The Morgan fingerprint density at radius 2 is 1.12 bits per heavy atom. The summed E-state index contributed by atoms with van der Waals surface area (Å²) in [5.41, 5.74) is -2.11. The van der Waals surface area contributed by atoms with Crippen molar-refractivity contribution in [3.8, 4) is 0 Å². The van der Waals surface area contributed by atoms with Crippen molar-refractivity contribution in [2.24, 2.45) is 10.8 Å². The van der Waals surface area contributed by atoms with Gasteiger partial charge in [0.05, 0.1) is 14.2 Å². The third-order valence-electron chi connectivity index (χ3n) is 3.52. The number of methoxy groups -OCH3 is 2. The van der Waals surface area contributed by atoms with Gasteiger partial charge in [0.2, 0.25) is 0 Å². The minimum atomic E-state index is -1.06. The van der Waals surface area contributed by atoms with E-state index in [0.717, 1.165) is 0 Å². The Morgan fingerprint density at radius 1 is 0.812 bits per heavy atom. The lowest BCUT2D eigenvalue weighted by Crippen LogP contribution is -2.38. The molecule has 2 rings (SSSR count). The lowest BCUT2D eigenvalue weighted by atomic mass is 9.87. The first kappa shape index (κ1) is 11.1. The van der Waals surface area contributed by atoms with Gasteiger partial charge in [-0.1, -0.05) is 0 Å². The molecule has 2 saturated carbocycles. The molecular formula is C11H14O5. The van der Waals surface area contributed by atoms with Gasteiger partial charge in [0.1, 0.15) is 10.8 Å². The maximum Gasteiger partial charge on any atom is 0.319 e. The van der Waals surface area contributed by atoms with Crippen molar-refractivity contribution in [2.45, 2.75) is 25.7 Å². The van der Waals surface area contributed by atoms with Crippen LogP contribution in [0.15, 0.2) is 0 Å². The monoisotopic (exact) mass is 226 g/mol. The number of carbonyl (C=O) groups excluding carboxylic acids is 3. The molecule has 5 nitrogen and oxygen atoms in total. The number of rotatable bonds is 4. The summed E-state index contributed by atoms with van der Waals surface area (Å²) < 4.78 is 9.25. The Bertz CT molecular complexity index is 329. The fourth-order valence-corrected chi connectivity index (χ4v) is 2.15. The third-order valence-corrected chi connectivity index (χ3v) is 3.52. The molecule has 0 spiro atoms. The first-order valence-electron chi connectivity index (χ1n) is 5.25. The van der Waals surface area contributed by atoms with Crippen LogP contribution in [-0.4, -0.2) is 31.9 Å². The molecule has 0 atom stereocenters. The second kappa shape index (κ2) is 3.30. The zero-order chi connectivity index (χ0) is 12.0. The number of esters is 2. The van der Waals surface area contributed by atoms with E-state index in [-0.39, 0.29) is 5.78 Å². The van der Waals surface area contributed by atoms with Crippen molar-refractivity contribution in [1.82, 2.24) is 0 Å². The number of Topliss-reactive ketones (excluding diaryl/α,β-unsaturated/α-hetero) is 1. The van der Waals surface area contributed by atoms with Gasteiger partial charge in [-0.05, 0) is 25.7 Å². The fourth-order valence-electron chi connectivity index (χ4n) is 2.15. The summed E-state index contributed by atoms with van der Waals surface area (Å²) >= 11 is 0. The summed E-state index contributed by atoms with van der Waals surface area (Å²) in [6.07, 6.45) is 1.93. The summed E-state index contributed by atoms with van der Waals surface area (Å²) in [6, 6.07) is 0. The second-order valence-electron chi connectivity index (χ2n) is 4.48. The van der Waals surface area contributed by atoms with Gasteiger partial charge in [0.25, 0.3) is 0 Å². The van der Waals surface area contributed by atoms with E-state index in [0.29, 0.717) is 25.7 Å². The summed E-state index contributed by atoms with van der Waals surface area (Å²) in [5, 5.41) is 0. The normalized spacial score (nSPS) is 23.1. The molecule has 0 amide bonds. The molecule has 0 unspecified atom stereocenters. The average molecular weight is 226 g/mol. The van der Waals surface area contributed by atoms with Crippen LogP contribution in [0.1, 0.15) is 25.7 Å². The second-order valence-corrected chi connectivity index (χ2v) is 4.48. The molecule has 0 aromatic heterocycles. The highest BCUT2D eigenvalue weighted by molar-refractivity contribution is 6.18. The smallest absolute Gasteiger partial charge is 0.319 e. The number of hydrogen-bond acceptors (Lipinski definition) is 5. The van der Waals surface area contributed by atoms with Crippen LogP contribution < -0.4 is 0 Å². The Hall–Kier alpha value is -1.39. The highest BCUT2D eigenvalue weighted by Gasteiger charge is 2.69. The lowest BCUT2D eigenvalue weighted by Gasteiger charge is -2.17. The maximum atomic E-state index is 12.2. The molecule has 2 aliphatic rings. The molecule has 0 aromatic carbocycles. The van der Waals surface area contributed by atoms with E-state index in [1.165, 1.54) is 14.2 Å². The van der Waals surface area contributed by atoms with Crippen LogP contribution in [-0.2, 0) is 23.9 Å². The zero-order valence-corrected chi connectivity index (χ0v) is 9.37. The number of ketones is 1. The van der Waals surface area contributed by atoms with Gasteiger partial charge < -0.3 is 9.47 Å². The molecule has 16 heavy (non-hydrogen) atoms. The highest BCUT2D eigenvalue weighted by atomic mass is 16.5. The van der Waals surface area contributed by atoms with Gasteiger partial charge in [-0.25, -0.2) is 0 Å². The number of hydrogen-bond donors (Lipinski definition) is 0. The van der Waals surface area contributed by atoms with E-state index in [9.17, 15) is 14.4 Å². The molecule has 0 aromatic rings. The zero-order valence-electron chi connectivity index (χ0n) is 9.37. The van der Waals surface area contributed by atoms with Gasteiger partial charge in [0, 0.05) is 0 Å². The average Bonchev–Trinajstić information content (AvgIpc) is 3.18. The van der Waals surface area contributed by atoms with Crippen molar-refractivity contribution < 1.29 is 23.9 Å². The highest BCUT2D eigenvalue weighted by Crippen LogP contribution is 2.59. The van der Waals surface area contributed by atoms with Gasteiger partial charge in [-0.15, -0.1) is 0 Å². The van der Waals surface area contributed by atoms with Crippen LogP contribution in [0.5, 0.6) is 0 Å². The first-order valence-corrected chi connectivity index (χ1v) is 5.25. The molecular weight excluding hydrogens is 212 g/mol. The summed E-state index contributed by atoms with van der Waals surface area (Å²) in [4.78, 5) is 35.3. The molecule has 0 saturated heterocycles. The van der Waals surface area contributed by atoms with Crippen molar-refractivity contribution in [3.05, 3.63) is 0 Å². The molecule has 0 bridgehead atoms. The van der Waals surface area contributed by atoms with E-state index in [1.807, 2.05) is 0 Å². The van der Waals surface area contributed by atoms with E-state index < -0.39 is 22.8 Å². The van der Waals surface area contributed by atoms with E-state index >= 15 is 0 Å². The van der Waals surface area contributed by atoms with E-state index in [1.54, 1.807) is 0 Å². The topological polar surface area (TPSA) is 69.7 Å².